The van der Waals surface area contributed by atoms with E-state index in [9.17, 15) is 14.0 Å². The molecule has 9 heteroatoms. The number of thiocarbonyl (C=S) groups is 1. The molecule has 186 valence electrons. The summed E-state index contributed by atoms with van der Waals surface area (Å²) in [5.41, 5.74) is 3.94. The van der Waals surface area contributed by atoms with Crippen molar-refractivity contribution in [1.29, 1.82) is 0 Å². The fourth-order valence-corrected chi connectivity index (χ4v) is 5.43. The minimum atomic E-state index is -0.366. The van der Waals surface area contributed by atoms with Crippen LogP contribution in [0.3, 0.4) is 0 Å². The van der Waals surface area contributed by atoms with Gasteiger partial charge in [0.25, 0.3) is 5.91 Å². The van der Waals surface area contributed by atoms with Crippen molar-refractivity contribution in [3.63, 3.8) is 0 Å². The monoisotopic (exact) mass is 530 g/mol. The molecule has 4 aromatic rings. The molecule has 0 aliphatic carbocycles. The van der Waals surface area contributed by atoms with E-state index in [2.05, 4.69) is 5.32 Å². The van der Waals surface area contributed by atoms with E-state index in [1.54, 1.807) is 4.90 Å². The molecule has 1 fully saturated rings. The molecule has 0 spiro atoms. The molecule has 0 radical (unpaired) electrons. The van der Waals surface area contributed by atoms with Crippen LogP contribution in [0.4, 0.5) is 21.5 Å². The maximum atomic E-state index is 13.3. The van der Waals surface area contributed by atoms with Gasteiger partial charge in [0.15, 0.2) is 4.32 Å². The van der Waals surface area contributed by atoms with Gasteiger partial charge in [0, 0.05) is 48.1 Å². The van der Waals surface area contributed by atoms with E-state index >= 15 is 0 Å². The molecular formula is C28H23FN4O2S2. The lowest BCUT2D eigenvalue weighted by Crippen LogP contribution is -2.27. The highest BCUT2D eigenvalue weighted by Crippen LogP contribution is 2.37. The van der Waals surface area contributed by atoms with E-state index in [1.165, 1.54) is 36.0 Å². The van der Waals surface area contributed by atoms with Gasteiger partial charge in [-0.15, -0.1) is 0 Å². The van der Waals surface area contributed by atoms with Crippen LogP contribution in [0.1, 0.15) is 5.56 Å². The molecule has 3 aromatic carbocycles. The molecule has 37 heavy (non-hydrogen) atoms. The minimum absolute atomic E-state index is 0.0604. The number of halogens is 1. The normalized spacial score (nSPS) is 14.6. The second-order valence-corrected chi connectivity index (χ2v) is 10.4. The van der Waals surface area contributed by atoms with Crippen molar-refractivity contribution in [3.05, 3.63) is 95.3 Å². The number of nitrogens with zero attached hydrogens (tertiary/aromatic N) is 3. The van der Waals surface area contributed by atoms with E-state index in [4.69, 9.17) is 12.2 Å². The number of hydrogen-bond donors (Lipinski definition) is 1. The lowest BCUT2D eigenvalue weighted by Gasteiger charge is -2.17. The lowest BCUT2D eigenvalue weighted by molar-refractivity contribution is -0.116. The Labute approximate surface area is 223 Å². The predicted octanol–water partition coefficient (Wildman–Crippen LogP) is 5.89. The van der Waals surface area contributed by atoms with E-state index in [-0.39, 0.29) is 24.2 Å². The molecule has 0 unspecified atom stereocenters. The van der Waals surface area contributed by atoms with Gasteiger partial charge >= 0.3 is 0 Å². The van der Waals surface area contributed by atoms with E-state index < -0.39 is 0 Å². The molecule has 0 saturated carbocycles. The van der Waals surface area contributed by atoms with Crippen LogP contribution in [0.15, 0.2) is 83.9 Å². The van der Waals surface area contributed by atoms with Gasteiger partial charge in [-0.1, -0.05) is 42.2 Å². The third-order valence-electron chi connectivity index (χ3n) is 5.97. The van der Waals surface area contributed by atoms with Crippen LogP contribution in [0.25, 0.3) is 17.0 Å². The Balaban J connectivity index is 1.41. The van der Waals surface area contributed by atoms with Crippen LogP contribution < -0.4 is 15.1 Å². The highest BCUT2D eigenvalue weighted by atomic mass is 32.2. The highest BCUT2D eigenvalue weighted by Gasteiger charge is 2.33. The number of thioether (sulfide) groups is 1. The van der Waals surface area contributed by atoms with Gasteiger partial charge in [-0.3, -0.25) is 14.5 Å². The summed E-state index contributed by atoms with van der Waals surface area (Å²) in [5.74, 6) is -0.792. The van der Waals surface area contributed by atoms with Gasteiger partial charge in [-0.2, -0.15) is 0 Å². The zero-order valence-corrected chi connectivity index (χ0v) is 21.8. The number of anilines is 3. The second kappa shape index (κ2) is 10.2. The summed E-state index contributed by atoms with van der Waals surface area (Å²) < 4.78 is 15.5. The number of fused-ring (bicyclic) bond motifs is 1. The lowest BCUT2D eigenvalue weighted by atomic mass is 10.1. The molecule has 1 aliphatic rings. The average Bonchev–Trinajstić information content (AvgIpc) is 3.36. The Morgan fingerprint density at radius 3 is 2.46 bits per heavy atom. The molecule has 2 heterocycles. The van der Waals surface area contributed by atoms with Gasteiger partial charge in [0.2, 0.25) is 5.91 Å². The standard InChI is InChI=1S/C28H23FN4O2S2/c1-31(2)21-11-13-22(14-12-21)33-27(35)25(37-28(33)36)15-18-16-32(24-6-4-3-5-23(18)24)17-26(34)30-20-9-7-19(29)8-10-20/h3-16H,17H2,1-2H3,(H,30,34)/b25-15-. The Morgan fingerprint density at radius 2 is 1.76 bits per heavy atom. The molecular weight excluding hydrogens is 507 g/mol. The summed E-state index contributed by atoms with van der Waals surface area (Å²) in [6, 6.07) is 21.0. The first-order valence-electron chi connectivity index (χ1n) is 11.5. The fourth-order valence-electron chi connectivity index (χ4n) is 4.14. The highest BCUT2D eigenvalue weighted by molar-refractivity contribution is 8.27. The van der Waals surface area contributed by atoms with Crippen molar-refractivity contribution < 1.29 is 14.0 Å². The van der Waals surface area contributed by atoms with Crippen molar-refractivity contribution in [3.8, 4) is 0 Å². The quantitative estimate of drug-likeness (QED) is 0.249. The van der Waals surface area contributed by atoms with E-state index in [0.29, 0.717) is 14.9 Å². The Kier molecular flexibility index (Phi) is 6.82. The number of benzene rings is 3. The van der Waals surface area contributed by atoms with Crippen molar-refractivity contribution in [2.45, 2.75) is 6.54 Å². The van der Waals surface area contributed by atoms with E-state index in [1.807, 2.05) is 84.4 Å². The second-order valence-electron chi connectivity index (χ2n) is 8.71. The van der Waals surface area contributed by atoms with Crippen LogP contribution in [0.2, 0.25) is 0 Å². The SMILES string of the molecule is CN(C)c1ccc(N2C(=O)/C(=C/c3cn(CC(=O)Nc4ccc(F)cc4)c4ccccc34)SC2=S)cc1. The van der Waals surface area contributed by atoms with Crippen LogP contribution in [0.5, 0.6) is 0 Å². The van der Waals surface area contributed by atoms with Crippen LogP contribution >= 0.6 is 24.0 Å². The Hall–Kier alpha value is -3.95. The summed E-state index contributed by atoms with van der Waals surface area (Å²) in [6.07, 6.45) is 3.68. The maximum absolute atomic E-state index is 13.3. The van der Waals surface area contributed by atoms with Crippen molar-refractivity contribution in [1.82, 2.24) is 4.57 Å². The average molecular weight is 531 g/mol. The van der Waals surface area contributed by atoms with Crippen LogP contribution in [-0.4, -0.2) is 34.8 Å². The van der Waals surface area contributed by atoms with Gasteiger partial charge < -0.3 is 14.8 Å². The smallest absolute Gasteiger partial charge is 0.270 e. The third-order valence-corrected chi connectivity index (χ3v) is 7.27. The zero-order valence-electron chi connectivity index (χ0n) is 20.1. The molecule has 1 aromatic heterocycles. The first kappa shape index (κ1) is 24.7. The van der Waals surface area contributed by atoms with Crippen LogP contribution in [-0.2, 0) is 16.1 Å². The first-order valence-corrected chi connectivity index (χ1v) is 12.7. The zero-order chi connectivity index (χ0) is 26.1. The van der Waals surface area contributed by atoms with Crippen LogP contribution in [0, 0.1) is 5.82 Å². The fraction of sp³-hybridized carbons (Fsp3) is 0.107. The number of carbonyl (C=O) groups is 2. The van der Waals surface area contributed by atoms with Crippen molar-refractivity contribution in [2.75, 3.05) is 29.2 Å². The molecule has 6 nitrogen and oxygen atoms in total. The topological polar surface area (TPSA) is 57.6 Å². The number of amides is 2. The number of carbonyl (C=O) groups excluding carboxylic acids is 2. The summed E-state index contributed by atoms with van der Waals surface area (Å²) in [5, 5.41) is 3.70. The Morgan fingerprint density at radius 1 is 1.05 bits per heavy atom. The number of hydrogen-bond acceptors (Lipinski definition) is 5. The number of rotatable bonds is 6. The van der Waals surface area contributed by atoms with Gasteiger partial charge in [0.1, 0.15) is 12.4 Å². The molecule has 5 rings (SSSR count). The minimum Gasteiger partial charge on any atom is -0.378 e. The summed E-state index contributed by atoms with van der Waals surface area (Å²) in [4.78, 5) is 30.1. The largest absolute Gasteiger partial charge is 0.378 e. The molecule has 0 atom stereocenters. The first-order chi connectivity index (χ1) is 17.8. The van der Waals surface area contributed by atoms with Gasteiger partial charge in [0.05, 0.1) is 10.6 Å². The third kappa shape index (κ3) is 5.14. The Bertz CT molecular complexity index is 1540. The molecule has 2 amide bonds. The summed E-state index contributed by atoms with van der Waals surface area (Å²) in [6.45, 7) is 0.0604. The van der Waals surface area contributed by atoms with Gasteiger partial charge in [-0.25, -0.2) is 4.39 Å². The number of para-hydroxylation sites is 1. The maximum Gasteiger partial charge on any atom is 0.270 e. The number of nitrogens with one attached hydrogen (secondary N) is 1. The molecule has 1 aliphatic heterocycles. The van der Waals surface area contributed by atoms with Gasteiger partial charge in [-0.05, 0) is 60.7 Å². The molecule has 0 bridgehead atoms. The number of aromatic nitrogens is 1. The summed E-state index contributed by atoms with van der Waals surface area (Å²) in [7, 11) is 3.92. The molecule has 1 N–H and O–H groups in total. The van der Waals surface area contributed by atoms with Crippen molar-refractivity contribution in [2.24, 2.45) is 0 Å². The molecule has 1 saturated heterocycles. The summed E-state index contributed by atoms with van der Waals surface area (Å²) >= 11 is 6.80. The predicted molar refractivity (Wildman–Crippen MR) is 153 cm³/mol. The van der Waals surface area contributed by atoms with E-state index in [0.717, 1.165) is 27.8 Å². The van der Waals surface area contributed by atoms with Crippen molar-refractivity contribution >= 4 is 74.2 Å².